The maximum Gasteiger partial charge on any atom is 0.307 e. The Morgan fingerprint density at radius 1 is 1.05 bits per heavy atom. The molecule has 3 atom stereocenters. The second kappa shape index (κ2) is 11.6. The molecule has 216 valence electrons. The van der Waals surface area contributed by atoms with Crippen LogP contribution < -0.4 is 16.3 Å². The van der Waals surface area contributed by atoms with Crippen LogP contribution in [0.25, 0.3) is 0 Å². The number of carboxylic acid groups (broad SMARTS) is 1. The van der Waals surface area contributed by atoms with Gasteiger partial charge in [0.15, 0.2) is 0 Å². The number of aliphatic carboxylic acids is 1. The van der Waals surface area contributed by atoms with Gasteiger partial charge in [-0.15, -0.1) is 0 Å². The summed E-state index contributed by atoms with van der Waals surface area (Å²) in [6.45, 7) is 0.258. The van der Waals surface area contributed by atoms with Crippen molar-refractivity contribution in [2.24, 2.45) is 23.4 Å². The molecule has 1 saturated carbocycles. The number of carbonyl (C=O) groups excluding carboxylic acids is 3. The monoisotopic (exact) mass is 561 g/mol. The highest BCUT2D eigenvalue weighted by Gasteiger charge is 2.45. The molecule has 1 fully saturated rings. The number of amides is 3. The molecule has 2 aromatic carbocycles. The van der Waals surface area contributed by atoms with Crippen molar-refractivity contribution < 1.29 is 29.0 Å². The second-order valence-electron chi connectivity index (χ2n) is 10.9. The lowest BCUT2D eigenvalue weighted by molar-refractivity contribution is -0.153. The first-order valence-electron chi connectivity index (χ1n) is 13.8. The zero-order valence-corrected chi connectivity index (χ0v) is 23.0. The molecule has 3 amide bonds. The normalized spacial score (nSPS) is 22.3. The molecule has 11 heteroatoms. The van der Waals surface area contributed by atoms with Crippen LogP contribution >= 0.6 is 0 Å². The van der Waals surface area contributed by atoms with Crippen LogP contribution in [0.4, 0.5) is 0 Å². The van der Waals surface area contributed by atoms with Crippen molar-refractivity contribution >= 4 is 23.7 Å². The number of carboxylic acids is 1. The fraction of sp³-hybridized carbons (Fsp3) is 0.400. The maximum absolute atomic E-state index is 14.1. The van der Waals surface area contributed by atoms with Gasteiger partial charge in [-0.3, -0.25) is 24.1 Å². The number of ether oxygens (including phenoxy) is 1. The van der Waals surface area contributed by atoms with Crippen LogP contribution in [-0.4, -0.2) is 70.4 Å². The Balaban J connectivity index is 1.53. The van der Waals surface area contributed by atoms with Gasteiger partial charge in [0.2, 0.25) is 5.91 Å². The first kappa shape index (κ1) is 28.2. The Hall–Kier alpha value is -4.38. The highest BCUT2D eigenvalue weighted by Crippen LogP contribution is 2.41. The van der Waals surface area contributed by atoms with Crippen LogP contribution in [0.3, 0.4) is 0 Å². The van der Waals surface area contributed by atoms with Crippen molar-refractivity contribution in [1.82, 2.24) is 14.8 Å². The van der Waals surface area contributed by atoms with Gasteiger partial charge in [0, 0.05) is 25.4 Å². The second-order valence-corrected chi connectivity index (χ2v) is 10.9. The van der Waals surface area contributed by atoms with E-state index in [2.05, 4.69) is 0 Å². The highest BCUT2D eigenvalue weighted by molar-refractivity contribution is 6.21. The van der Waals surface area contributed by atoms with Gasteiger partial charge >= 0.3 is 5.97 Å². The van der Waals surface area contributed by atoms with Gasteiger partial charge in [-0.1, -0.05) is 37.1 Å². The molecule has 5 N–H and O–H groups in total. The SMILES string of the molecule is CN(N)/C=C(\N)COc1cccc2c1C(CN1C(=O)c3ccccc3C1=O)N(C(=O)C1CCCCC1C(=O)O)CC2. The van der Waals surface area contributed by atoms with Gasteiger partial charge in [-0.25, -0.2) is 5.84 Å². The van der Waals surface area contributed by atoms with E-state index in [0.717, 1.165) is 18.4 Å². The minimum absolute atomic E-state index is 0.0232. The van der Waals surface area contributed by atoms with Crippen molar-refractivity contribution in [3.8, 4) is 5.75 Å². The summed E-state index contributed by atoms with van der Waals surface area (Å²) in [6, 6.07) is 11.5. The molecule has 0 aromatic heterocycles. The predicted octanol–water partition coefficient (Wildman–Crippen LogP) is 2.28. The minimum Gasteiger partial charge on any atom is -0.487 e. The fourth-order valence-corrected chi connectivity index (χ4v) is 6.29. The van der Waals surface area contributed by atoms with E-state index in [1.807, 2.05) is 12.1 Å². The van der Waals surface area contributed by atoms with Crippen molar-refractivity contribution in [3.63, 3.8) is 0 Å². The summed E-state index contributed by atoms with van der Waals surface area (Å²) >= 11 is 0. The summed E-state index contributed by atoms with van der Waals surface area (Å²) in [4.78, 5) is 55.8. The summed E-state index contributed by atoms with van der Waals surface area (Å²) < 4.78 is 6.11. The van der Waals surface area contributed by atoms with Crippen molar-refractivity contribution in [2.75, 3.05) is 26.7 Å². The number of fused-ring (bicyclic) bond motifs is 2. The average Bonchev–Trinajstić information content (AvgIpc) is 3.20. The Kier molecular flexibility index (Phi) is 7.98. The summed E-state index contributed by atoms with van der Waals surface area (Å²) in [5.74, 6) is 2.57. The number of nitrogens with zero attached hydrogens (tertiary/aromatic N) is 3. The van der Waals surface area contributed by atoms with Crippen LogP contribution in [0.1, 0.15) is 63.6 Å². The molecule has 2 heterocycles. The van der Waals surface area contributed by atoms with E-state index in [9.17, 15) is 24.3 Å². The van der Waals surface area contributed by atoms with E-state index in [0.29, 0.717) is 53.9 Å². The van der Waals surface area contributed by atoms with Gasteiger partial charge < -0.3 is 25.5 Å². The third-order valence-electron chi connectivity index (χ3n) is 8.17. The zero-order chi connectivity index (χ0) is 29.3. The van der Waals surface area contributed by atoms with Crippen LogP contribution in [0.15, 0.2) is 54.4 Å². The summed E-state index contributed by atoms with van der Waals surface area (Å²) in [5.41, 5.74) is 8.68. The maximum atomic E-state index is 14.1. The van der Waals surface area contributed by atoms with Crippen molar-refractivity contribution in [3.05, 3.63) is 76.6 Å². The highest BCUT2D eigenvalue weighted by atomic mass is 16.5. The third kappa shape index (κ3) is 5.49. The lowest BCUT2D eigenvalue weighted by Crippen LogP contribution is -2.50. The molecule has 5 rings (SSSR count). The summed E-state index contributed by atoms with van der Waals surface area (Å²) in [5, 5.41) is 11.2. The molecular weight excluding hydrogens is 526 g/mol. The van der Waals surface area contributed by atoms with Crippen LogP contribution in [0, 0.1) is 11.8 Å². The lowest BCUT2D eigenvalue weighted by atomic mass is 9.77. The lowest BCUT2D eigenvalue weighted by Gasteiger charge is -2.42. The molecule has 1 aliphatic carbocycles. The van der Waals surface area contributed by atoms with Crippen LogP contribution in [0.2, 0.25) is 0 Å². The Morgan fingerprint density at radius 3 is 2.34 bits per heavy atom. The Morgan fingerprint density at radius 2 is 1.71 bits per heavy atom. The molecule has 2 aromatic rings. The van der Waals surface area contributed by atoms with Gasteiger partial charge in [0.1, 0.15) is 12.4 Å². The van der Waals surface area contributed by atoms with Crippen molar-refractivity contribution in [2.45, 2.75) is 38.1 Å². The molecule has 41 heavy (non-hydrogen) atoms. The van der Waals surface area contributed by atoms with Gasteiger partial charge in [-0.05, 0) is 43.0 Å². The fourth-order valence-electron chi connectivity index (χ4n) is 6.29. The number of rotatable bonds is 8. The molecular formula is C30H35N5O6. The molecule has 0 bridgehead atoms. The van der Waals surface area contributed by atoms with Gasteiger partial charge in [0.05, 0.1) is 41.2 Å². The molecule has 3 aliphatic rings. The molecule has 3 unspecified atom stereocenters. The van der Waals surface area contributed by atoms with E-state index in [1.54, 1.807) is 42.3 Å². The standard InChI is InChI=1S/C30H35N5O6/c1-33(32)15-19(31)17-41-25-12-6-7-18-13-14-34(27(36)22-10-4-5-11-23(22)30(39)40)24(26(18)25)16-35-28(37)20-8-2-3-9-21(20)29(35)38/h2-3,6-9,12,15,22-24H,4-5,10-11,13-14,16-17,31-32H2,1H3,(H,39,40)/b19-15-. The zero-order valence-electron chi connectivity index (χ0n) is 23.0. The number of hydrazine groups is 1. The quantitative estimate of drug-likeness (QED) is 0.250. The number of hydrogen-bond donors (Lipinski definition) is 3. The smallest absolute Gasteiger partial charge is 0.307 e. The number of imide groups is 1. The Bertz CT molecular complexity index is 1370. The molecule has 11 nitrogen and oxygen atoms in total. The Labute approximate surface area is 238 Å². The van der Waals surface area contributed by atoms with Gasteiger partial charge in [-0.2, -0.15) is 0 Å². The minimum atomic E-state index is -0.978. The third-order valence-corrected chi connectivity index (χ3v) is 8.17. The number of benzene rings is 2. The number of nitrogens with two attached hydrogens (primary N) is 2. The molecule has 2 aliphatic heterocycles. The van der Waals surface area contributed by atoms with Crippen molar-refractivity contribution in [1.29, 1.82) is 0 Å². The van der Waals surface area contributed by atoms with E-state index < -0.39 is 35.7 Å². The average molecular weight is 562 g/mol. The molecule has 0 saturated heterocycles. The van der Waals surface area contributed by atoms with Crippen LogP contribution in [-0.2, 0) is 16.0 Å². The van der Waals surface area contributed by atoms with Gasteiger partial charge in [0.25, 0.3) is 11.8 Å². The van der Waals surface area contributed by atoms with E-state index in [4.69, 9.17) is 16.3 Å². The topological polar surface area (TPSA) is 159 Å². The van der Waals surface area contributed by atoms with E-state index in [-0.39, 0.29) is 19.1 Å². The first-order valence-corrected chi connectivity index (χ1v) is 13.8. The summed E-state index contributed by atoms with van der Waals surface area (Å²) in [7, 11) is 1.63. The predicted molar refractivity (Wildman–Crippen MR) is 149 cm³/mol. The van der Waals surface area contributed by atoms with E-state index in [1.165, 1.54) is 16.1 Å². The largest absolute Gasteiger partial charge is 0.487 e. The number of carbonyl (C=O) groups is 4. The first-order chi connectivity index (χ1) is 19.7. The molecule has 0 spiro atoms. The molecule has 0 radical (unpaired) electrons. The van der Waals surface area contributed by atoms with Crippen LogP contribution in [0.5, 0.6) is 5.75 Å². The van der Waals surface area contributed by atoms with E-state index >= 15 is 0 Å². The summed E-state index contributed by atoms with van der Waals surface area (Å²) in [6.07, 6.45) is 4.48. The number of hydrogen-bond acceptors (Lipinski definition) is 8.